The Balaban J connectivity index is 1.62. The molecule has 0 aliphatic carbocycles. The van der Waals surface area contributed by atoms with Gasteiger partial charge in [-0.2, -0.15) is 0 Å². The van der Waals surface area contributed by atoms with Crippen LogP contribution in [0.5, 0.6) is 5.75 Å². The summed E-state index contributed by atoms with van der Waals surface area (Å²) in [6.07, 6.45) is 0.959. The third-order valence-corrected chi connectivity index (χ3v) is 5.81. The number of rotatable bonds is 7. The summed E-state index contributed by atoms with van der Waals surface area (Å²) < 4.78 is 5.17. The second-order valence-electron chi connectivity index (χ2n) is 6.63. The number of likely N-dealkylation sites (N-methyl/N-ethyl adjacent to an activating group) is 1. The van der Waals surface area contributed by atoms with Gasteiger partial charge < -0.3 is 20.3 Å². The highest BCUT2D eigenvalue weighted by atomic mass is 32.2. The van der Waals surface area contributed by atoms with E-state index in [1.807, 2.05) is 49.5 Å². The predicted octanol–water partition coefficient (Wildman–Crippen LogP) is 2.86. The minimum Gasteiger partial charge on any atom is -0.497 e. The molecular formula is C21H25N3O3S. The van der Waals surface area contributed by atoms with Gasteiger partial charge in [0.1, 0.15) is 5.75 Å². The Kier molecular flexibility index (Phi) is 6.95. The highest BCUT2D eigenvalue weighted by Crippen LogP contribution is 2.25. The number of nitrogens with zero attached hydrogens (tertiary/aromatic N) is 1. The lowest BCUT2D eigenvalue weighted by Crippen LogP contribution is -2.38. The third kappa shape index (κ3) is 5.05. The van der Waals surface area contributed by atoms with E-state index in [1.54, 1.807) is 18.1 Å². The Bertz CT molecular complexity index is 837. The van der Waals surface area contributed by atoms with Gasteiger partial charge in [-0.25, -0.2) is 0 Å². The molecular weight excluding hydrogens is 374 g/mol. The van der Waals surface area contributed by atoms with Gasteiger partial charge in [-0.05, 0) is 37.2 Å². The van der Waals surface area contributed by atoms with E-state index >= 15 is 0 Å². The molecule has 1 atom stereocenters. The number of thioether (sulfide) groups is 1. The maximum absolute atomic E-state index is 12.9. The van der Waals surface area contributed by atoms with Crippen LogP contribution < -0.4 is 15.4 Å². The molecule has 0 saturated carbocycles. The second-order valence-corrected chi connectivity index (χ2v) is 7.64. The summed E-state index contributed by atoms with van der Waals surface area (Å²) in [6, 6.07) is 14.9. The smallest absolute Gasteiger partial charge is 0.255 e. The quantitative estimate of drug-likeness (QED) is 0.701. The zero-order valence-electron chi connectivity index (χ0n) is 16.1. The van der Waals surface area contributed by atoms with Gasteiger partial charge >= 0.3 is 0 Å². The molecule has 1 fully saturated rings. The maximum atomic E-state index is 12.9. The van der Waals surface area contributed by atoms with E-state index in [-0.39, 0.29) is 23.6 Å². The maximum Gasteiger partial charge on any atom is 0.255 e. The number of carbonyl (C=O) groups is 2. The van der Waals surface area contributed by atoms with Crippen molar-refractivity contribution in [3.05, 3.63) is 54.1 Å². The van der Waals surface area contributed by atoms with Crippen molar-refractivity contribution in [3.8, 4) is 5.75 Å². The fourth-order valence-electron chi connectivity index (χ4n) is 3.14. The van der Waals surface area contributed by atoms with Crippen molar-refractivity contribution < 1.29 is 14.3 Å². The first-order chi connectivity index (χ1) is 13.6. The summed E-state index contributed by atoms with van der Waals surface area (Å²) >= 11 is 1.37. The Morgan fingerprint density at radius 2 is 2.07 bits per heavy atom. The highest BCUT2D eigenvalue weighted by molar-refractivity contribution is 8.00. The van der Waals surface area contributed by atoms with Crippen LogP contribution in [0.3, 0.4) is 0 Å². The fourth-order valence-corrected chi connectivity index (χ4v) is 3.98. The van der Waals surface area contributed by atoms with Gasteiger partial charge in [0, 0.05) is 36.3 Å². The van der Waals surface area contributed by atoms with Crippen molar-refractivity contribution in [2.75, 3.05) is 38.3 Å². The molecule has 1 heterocycles. The molecule has 3 rings (SSSR count). The number of hydrogen-bond acceptors (Lipinski definition) is 5. The third-order valence-electron chi connectivity index (χ3n) is 4.73. The summed E-state index contributed by atoms with van der Waals surface area (Å²) in [7, 11) is 3.43. The first-order valence-electron chi connectivity index (χ1n) is 9.22. The molecule has 0 aromatic heterocycles. The zero-order valence-corrected chi connectivity index (χ0v) is 16.9. The average molecular weight is 400 g/mol. The van der Waals surface area contributed by atoms with E-state index in [0.717, 1.165) is 24.4 Å². The lowest BCUT2D eigenvalue weighted by atomic mass is 10.1. The number of methoxy groups -OCH3 is 1. The SMILES string of the molecule is COc1cccc(NC(=O)CSc2ccccc2C(=O)N(C)C2CCNC2)c1. The van der Waals surface area contributed by atoms with E-state index in [1.165, 1.54) is 11.8 Å². The monoisotopic (exact) mass is 399 g/mol. The first kappa shape index (κ1) is 20.2. The van der Waals surface area contributed by atoms with Crippen LogP contribution in [-0.4, -0.2) is 55.8 Å². The van der Waals surface area contributed by atoms with Gasteiger partial charge in [-0.3, -0.25) is 9.59 Å². The van der Waals surface area contributed by atoms with Gasteiger partial charge in [0.15, 0.2) is 0 Å². The van der Waals surface area contributed by atoms with Crippen molar-refractivity contribution in [2.24, 2.45) is 0 Å². The second kappa shape index (κ2) is 9.61. The predicted molar refractivity (Wildman–Crippen MR) is 112 cm³/mol. The largest absolute Gasteiger partial charge is 0.497 e. The molecule has 1 unspecified atom stereocenters. The Morgan fingerprint density at radius 1 is 1.25 bits per heavy atom. The molecule has 2 N–H and O–H groups in total. The lowest BCUT2D eigenvalue weighted by Gasteiger charge is -2.24. The van der Waals surface area contributed by atoms with Crippen LogP contribution in [0.1, 0.15) is 16.8 Å². The molecule has 1 saturated heterocycles. The summed E-state index contributed by atoms with van der Waals surface area (Å²) in [6.45, 7) is 1.75. The molecule has 2 aromatic carbocycles. The van der Waals surface area contributed by atoms with Gasteiger partial charge in [-0.15, -0.1) is 11.8 Å². The summed E-state index contributed by atoms with van der Waals surface area (Å²) in [5, 5.41) is 6.14. The van der Waals surface area contributed by atoms with Gasteiger partial charge in [-0.1, -0.05) is 18.2 Å². The van der Waals surface area contributed by atoms with Crippen molar-refractivity contribution in [3.63, 3.8) is 0 Å². The molecule has 7 heteroatoms. The summed E-state index contributed by atoms with van der Waals surface area (Å²) in [4.78, 5) is 27.9. The Morgan fingerprint density at radius 3 is 2.82 bits per heavy atom. The fraction of sp³-hybridized carbons (Fsp3) is 0.333. The van der Waals surface area contributed by atoms with Crippen LogP contribution in [0, 0.1) is 0 Å². The molecule has 0 radical (unpaired) electrons. The van der Waals surface area contributed by atoms with E-state index in [2.05, 4.69) is 10.6 Å². The van der Waals surface area contributed by atoms with Crippen LogP contribution in [-0.2, 0) is 4.79 Å². The van der Waals surface area contributed by atoms with E-state index < -0.39 is 0 Å². The Labute approximate surface area is 169 Å². The average Bonchev–Trinajstić information content (AvgIpc) is 3.26. The molecule has 6 nitrogen and oxygen atoms in total. The van der Waals surface area contributed by atoms with Crippen LogP contribution >= 0.6 is 11.8 Å². The Hall–Kier alpha value is -2.51. The number of hydrogen-bond donors (Lipinski definition) is 2. The standard InChI is InChI=1S/C21H25N3O3S/c1-24(16-10-11-22-13-16)21(26)18-8-3-4-9-19(18)28-14-20(25)23-15-6-5-7-17(12-15)27-2/h3-9,12,16,22H,10-11,13-14H2,1-2H3,(H,23,25). The van der Waals surface area contributed by atoms with Crippen LogP contribution in [0.4, 0.5) is 5.69 Å². The van der Waals surface area contributed by atoms with Gasteiger partial charge in [0.2, 0.25) is 5.91 Å². The normalized spacial score (nSPS) is 15.9. The van der Waals surface area contributed by atoms with Gasteiger partial charge in [0.05, 0.1) is 18.4 Å². The molecule has 0 bridgehead atoms. The van der Waals surface area contributed by atoms with E-state index in [9.17, 15) is 9.59 Å². The number of amides is 2. The number of ether oxygens (including phenoxy) is 1. The zero-order chi connectivity index (χ0) is 19.9. The highest BCUT2D eigenvalue weighted by Gasteiger charge is 2.25. The lowest BCUT2D eigenvalue weighted by molar-refractivity contribution is -0.113. The van der Waals surface area contributed by atoms with E-state index in [0.29, 0.717) is 17.0 Å². The van der Waals surface area contributed by atoms with Crippen LogP contribution in [0.15, 0.2) is 53.4 Å². The van der Waals surface area contributed by atoms with Gasteiger partial charge in [0.25, 0.3) is 5.91 Å². The number of carbonyl (C=O) groups excluding carboxylic acids is 2. The number of anilines is 1. The van der Waals surface area contributed by atoms with Crippen molar-refractivity contribution >= 4 is 29.3 Å². The molecule has 1 aliphatic rings. The molecule has 2 amide bonds. The first-order valence-corrected chi connectivity index (χ1v) is 10.2. The molecule has 28 heavy (non-hydrogen) atoms. The van der Waals surface area contributed by atoms with Crippen LogP contribution in [0.25, 0.3) is 0 Å². The van der Waals surface area contributed by atoms with Crippen molar-refractivity contribution in [2.45, 2.75) is 17.4 Å². The molecule has 2 aromatic rings. The minimum absolute atomic E-state index is 0.00926. The number of nitrogens with one attached hydrogen (secondary N) is 2. The molecule has 148 valence electrons. The minimum atomic E-state index is -0.131. The molecule has 1 aliphatic heterocycles. The van der Waals surface area contributed by atoms with E-state index in [4.69, 9.17) is 4.74 Å². The van der Waals surface area contributed by atoms with Crippen molar-refractivity contribution in [1.29, 1.82) is 0 Å². The molecule has 0 spiro atoms. The topological polar surface area (TPSA) is 70.7 Å². The van der Waals surface area contributed by atoms with Crippen molar-refractivity contribution in [1.82, 2.24) is 10.2 Å². The summed E-state index contributed by atoms with van der Waals surface area (Å²) in [5.41, 5.74) is 1.32. The van der Waals surface area contributed by atoms with Crippen LogP contribution in [0.2, 0.25) is 0 Å². The number of benzene rings is 2. The summed E-state index contributed by atoms with van der Waals surface area (Å²) in [5.74, 6) is 0.764.